The van der Waals surface area contributed by atoms with Crippen LogP contribution in [0.4, 0.5) is 0 Å². The monoisotopic (exact) mass is 358 g/mol. The Morgan fingerprint density at radius 1 is 1.04 bits per heavy atom. The Kier molecular flexibility index (Phi) is 4.61. The van der Waals surface area contributed by atoms with Crippen LogP contribution in [-0.2, 0) is 14.8 Å². The van der Waals surface area contributed by atoms with Gasteiger partial charge in [0.1, 0.15) is 5.75 Å². The van der Waals surface area contributed by atoms with Gasteiger partial charge in [-0.1, -0.05) is 30.3 Å². The predicted octanol–water partition coefficient (Wildman–Crippen LogP) is 1.78. The molecule has 1 aliphatic rings. The summed E-state index contributed by atoms with van der Waals surface area (Å²) >= 11 is 0. The van der Waals surface area contributed by atoms with E-state index in [1.807, 2.05) is 24.3 Å². The number of methoxy groups -OCH3 is 1. The zero-order chi connectivity index (χ0) is 18.0. The molecule has 1 aliphatic heterocycles. The van der Waals surface area contributed by atoms with Crippen molar-refractivity contribution in [1.82, 2.24) is 4.31 Å². The van der Waals surface area contributed by atoms with E-state index >= 15 is 0 Å². The summed E-state index contributed by atoms with van der Waals surface area (Å²) in [6.45, 7) is 0.165. The number of hydrogen-bond acceptors (Lipinski definition) is 4. The Hall–Kier alpha value is -2.64. The maximum absolute atomic E-state index is 12.7. The average molecular weight is 358 g/mol. The quantitative estimate of drug-likeness (QED) is 0.882. The molecule has 25 heavy (non-hydrogen) atoms. The summed E-state index contributed by atoms with van der Waals surface area (Å²) in [4.78, 5) is 11.4. The molecule has 0 unspecified atom stereocenters. The summed E-state index contributed by atoms with van der Waals surface area (Å²) in [5.41, 5.74) is 7.39. The highest BCUT2D eigenvalue weighted by atomic mass is 32.2. The number of carbonyl (C=O) groups excluding carboxylic acids is 1. The summed E-state index contributed by atoms with van der Waals surface area (Å²) in [5.74, 6) is 0.169. The third kappa shape index (κ3) is 3.42. The first kappa shape index (κ1) is 17.2. The van der Waals surface area contributed by atoms with E-state index in [-0.39, 0.29) is 18.0 Å². The normalized spacial score (nSPS) is 15.0. The van der Waals surface area contributed by atoms with Gasteiger partial charge in [-0.15, -0.1) is 0 Å². The highest BCUT2D eigenvalue weighted by Gasteiger charge is 2.29. The van der Waals surface area contributed by atoms with Crippen molar-refractivity contribution in [2.45, 2.75) is 4.90 Å². The molecule has 6 nitrogen and oxygen atoms in total. The van der Waals surface area contributed by atoms with Crippen molar-refractivity contribution in [2.24, 2.45) is 5.73 Å². The van der Waals surface area contributed by atoms with E-state index in [2.05, 4.69) is 0 Å². The molecule has 0 saturated carbocycles. The molecule has 0 aliphatic carbocycles. The van der Waals surface area contributed by atoms with Crippen LogP contribution in [0.5, 0.6) is 5.75 Å². The van der Waals surface area contributed by atoms with Crippen LogP contribution in [0, 0.1) is 0 Å². The fourth-order valence-corrected chi connectivity index (χ4v) is 4.00. The molecule has 0 saturated heterocycles. The minimum absolute atomic E-state index is 0.0118. The standard InChI is InChI=1S/C18H18N2O4S/c1-24-16-6-2-13(3-7-16)14-4-8-17(9-5-14)25(22,23)20-11-10-15(12-20)18(19)21/h2-10H,11-12H2,1H3,(H2,19,21). The number of benzene rings is 2. The van der Waals surface area contributed by atoms with E-state index in [4.69, 9.17) is 10.5 Å². The number of ether oxygens (including phenoxy) is 1. The second kappa shape index (κ2) is 6.70. The number of nitrogens with zero attached hydrogens (tertiary/aromatic N) is 1. The van der Waals surface area contributed by atoms with Crippen molar-refractivity contribution >= 4 is 15.9 Å². The number of amides is 1. The molecule has 2 N–H and O–H groups in total. The van der Waals surface area contributed by atoms with Gasteiger partial charge in [-0.2, -0.15) is 4.31 Å². The van der Waals surface area contributed by atoms with Crippen molar-refractivity contribution in [1.29, 1.82) is 0 Å². The van der Waals surface area contributed by atoms with Gasteiger partial charge in [0.05, 0.1) is 12.0 Å². The lowest BCUT2D eigenvalue weighted by Crippen LogP contribution is -2.30. The largest absolute Gasteiger partial charge is 0.497 e. The Labute approximate surface area is 146 Å². The highest BCUT2D eigenvalue weighted by molar-refractivity contribution is 7.89. The van der Waals surface area contributed by atoms with Crippen molar-refractivity contribution in [3.8, 4) is 16.9 Å². The maximum Gasteiger partial charge on any atom is 0.245 e. The van der Waals surface area contributed by atoms with Crippen LogP contribution in [0.25, 0.3) is 11.1 Å². The first-order valence-electron chi connectivity index (χ1n) is 7.65. The van der Waals surface area contributed by atoms with Gasteiger partial charge in [-0.25, -0.2) is 8.42 Å². The van der Waals surface area contributed by atoms with Crippen LogP contribution in [0.2, 0.25) is 0 Å². The van der Waals surface area contributed by atoms with Crippen molar-refractivity contribution in [3.05, 3.63) is 60.2 Å². The third-order valence-electron chi connectivity index (χ3n) is 4.12. The van der Waals surface area contributed by atoms with Crippen LogP contribution in [-0.4, -0.2) is 38.8 Å². The SMILES string of the molecule is COc1ccc(-c2ccc(S(=O)(=O)N3CC=C(C(N)=O)C3)cc2)cc1. The first-order valence-corrected chi connectivity index (χ1v) is 9.09. The zero-order valence-corrected chi connectivity index (χ0v) is 14.5. The molecule has 0 atom stereocenters. The molecular weight excluding hydrogens is 340 g/mol. The fourth-order valence-electron chi connectivity index (χ4n) is 2.64. The molecule has 1 heterocycles. The number of nitrogens with two attached hydrogens (primary N) is 1. The second-order valence-corrected chi connectivity index (χ2v) is 7.58. The van der Waals surface area contributed by atoms with Crippen LogP contribution < -0.4 is 10.5 Å². The summed E-state index contributed by atoms with van der Waals surface area (Å²) in [5, 5.41) is 0. The van der Waals surface area contributed by atoms with E-state index in [9.17, 15) is 13.2 Å². The molecule has 0 fully saturated rings. The number of sulfonamides is 1. The lowest BCUT2D eigenvalue weighted by atomic mass is 10.1. The number of rotatable bonds is 5. The summed E-state index contributed by atoms with van der Waals surface area (Å²) in [7, 11) is -2.06. The molecule has 1 amide bonds. The molecule has 0 radical (unpaired) electrons. The second-order valence-electron chi connectivity index (χ2n) is 5.64. The summed E-state index contributed by atoms with van der Waals surface area (Å²) in [6.07, 6.45) is 1.55. The van der Waals surface area contributed by atoms with Gasteiger partial charge in [0.25, 0.3) is 0 Å². The number of hydrogen-bond donors (Lipinski definition) is 1. The van der Waals surface area contributed by atoms with E-state index in [1.165, 1.54) is 4.31 Å². The van der Waals surface area contributed by atoms with Gasteiger partial charge in [-0.3, -0.25) is 4.79 Å². The van der Waals surface area contributed by atoms with Crippen molar-refractivity contribution in [3.63, 3.8) is 0 Å². The zero-order valence-electron chi connectivity index (χ0n) is 13.7. The molecule has 130 valence electrons. The fraction of sp³-hybridized carbons (Fsp3) is 0.167. The van der Waals surface area contributed by atoms with E-state index < -0.39 is 15.9 Å². The van der Waals surface area contributed by atoms with E-state index in [1.54, 1.807) is 37.5 Å². The molecule has 2 aromatic carbocycles. The minimum atomic E-state index is -3.66. The molecule has 7 heteroatoms. The Bertz CT molecular complexity index is 917. The van der Waals surface area contributed by atoms with Crippen LogP contribution in [0.1, 0.15) is 0 Å². The smallest absolute Gasteiger partial charge is 0.245 e. The molecule has 0 spiro atoms. The summed E-state index contributed by atoms with van der Waals surface area (Å²) in [6, 6.07) is 14.2. The van der Waals surface area contributed by atoms with Crippen LogP contribution >= 0.6 is 0 Å². The van der Waals surface area contributed by atoms with Crippen LogP contribution in [0.15, 0.2) is 65.1 Å². The van der Waals surface area contributed by atoms with Gasteiger partial charge in [0.15, 0.2) is 0 Å². The van der Waals surface area contributed by atoms with Gasteiger partial charge in [0, 0.05) is 18.7 Å². The van der Waals surface area contributed by atoms with Gasteiger partial charge < -0.3 is 10.5 Å². The van der Waals surface area contributed by atoms with E-state index in [0.29, 0.717) is 5.57 Å². The van der Waals surface area contributed by atoms with E-state index in [0.717, 1.165) is 16.9 Å². The number of primary amides is 1. The van der Waals surface area contributed by atoms with Gasteiger partial charge >= 0.3 is 0 Å². The maximum atomic E-state index is 12.7. The summed E-state index contributed by atoms with van der Waals surface area (Å²) < 4.78 is 31.7. The van der Waals surface area contributed by atoms with Crippen LogP contribution in [0.3, 0.4) is 0 Å². The van der Waals surface area contributed by atoms with Crippen molar-refractivity contribution < 1.29 is 17.9 Å². The molecule has 0 aromatic heterocycles. The van der Waals surface area contributed by atoms with Gasteiger partial charge in [-0.05, 0) is 35.4 Å². The lowest BCUT2D eigenvalue weighted by Gasteiger charge is -2.16. The lowest BCUT2D eigenvalue weighted by molar-refractivity contribution is -0.114. The molecular formula is C18H18N2O4S. The Balaban J connectivity index is 1.81. The first-order chi connectivity index (χ1) is 11.9. The predicted molar refractivity (Wildman–Crippen MR) is 94.5 cm³/mol. The number of carbonyl (C=O) groups is 1. The highest BCUT2D eigenvalue weighted by Crippen LogP contribution is 2.26. The molecule has 2 aromatic rings. The third-order valence-corrected chi connectivity index (χ3v) is 5.95. The minimum Gasteiger partial charge on any atom is -0.497 e. The Morgan fingerprint density at radius 2 is 1.60 bits per heavy atom. The Morgan fingerprint density at radius 3 is 2.08 bits per heavy atom. The van der Waals surface area contributed by atoms with Gasteiger partial charge in [0.2, 0.25) is 15.9 Å². The van der Waals surface area contributed by atoms with Crippen molar-refractivity contribution in [2.75, 3.05) is 20.2 Å². The molecule has 3 rings (SSSR count). The average Bonchev–Trinajstić information content (AvgIpc) is 3.13. The topological polar surface area (TPSA) is 89.7 Å². The molecule has 0 bridgehead atoms.